The number of halogens is 1. The van der Waals surface area contributed by atoms with Crippen LogP contribution in [0.15, 0.2) is 23.8 Å². The highest BCUT2D eigenvalue weighted by molar-refractivity contribution is 5.56. The van der Waals surface area contributed by atoms with Gasteiger partial charge in [0.1, 0.15) is 5.82 Å². The average Bonchev–Trinajstić information content (AvgIpc) is 2.17. The van der Waals surface area contributed by atoms with Gasteiger partial charge in [-0.05, 0) is 43.0 Å². The lowest BCUT2D eigenvalue weighted by atomic mass is 10.0. The van der Waals surface area contributed by atoms with E-state index in [0.29, 0.717) is 0 Å². The molecule has 0 nitrogen and oxygen atoms in total. The van der Waals surface area contributed by atoms with Crippen LogP contribution in [0.5, 0.6) is 0 Å². The molecular formula is C13H17F. The van der Waals surface area contributed by atoms with Crippen LogP contribution in [0.2, 0.25) is 0 Å². The maximum absolute atomic E-state index is 12.8. The summed E-state index contributed by atoms with van der Waals surface area (Å²) < 4.78 is 12.8. The molecule has 0 bridgehead atoms. The van der Waals surface area contributed by atoms with Gasteiger partial charge < -0.3 is 0 Å². The zero-order valence-electron chi connectivity index (χ0n) is 9.10. The van der Waals surface area contributed by atoms with Crippen LogP contribution in [0.1, 0.15) is 37.8 Å². The average molecular weight is 192 g/mol. The summed E-state index contributed by atoms with van der Waals surface area (Å²) in [5.41, 5.74) is 3.54. The highest BCUT2D eigenvalue weighted by Gasteiger charge is 1.98. The second kappa shape index (κ2) is 4.94. The first-order valence-corrected chi connectivity index (χ1v) is 5.13. The van der Waals surface area contributed by atoms with Crippen LogP contribution in [0.3, 0.4) is 0 Å². The van der Waals surface area contributed by atoms with Crippen molar-refractivity contribution >= 4 is 6.08 Å². The van der Waals surface area contributed by atoms with E-state index in [4.69, 9.17) is 0 Å². The van der Waals surface area contributed by atoms with Crippen LogP contribution in [0.4, 0.5) is 4.39 Å². The van der Waals surface area contributed by atoms with Gasteiger partial charge >= 0.3 is 0 Å². The Morgan fingerprint density at radius 2 is 1.93 bits per heavy atom. The summed E-state index contributed by atoms with van der Waals surface area (Å²) in [6.45, 7) is 6.24. The lowest BCUT2D eigenvalue weighted by Crippen LogP contribution is -1.85. The van der Waals surface area contributed by atoms with Crippen molar-refractivity contribution in [3.05, 3.63) is 40.7 Å². The zero-order valence-corrected chi connectivity index (χ0v) is 9.10. The largest absolute Gasteiger partial charge is 0.207 e. The third-order valence-corrected chi connectivity index (χ3v) is 2.50. The molecule has 0 atom stereocenters. The third-order valence-electron chi connectivity index (χ3n) is 2.50. The van der Waals surface area contributed by atoms with Crippen LogP contribution in [-0.2, 0) is 0 Å². The zero-order chi connectivity index (χ0) is 10.6. The Balaban J connectivity index is 3.02. The van der Waals surface area contributed by atoms with Crippen molar-refractivity contribution in [3.8, 4) is 0 Å². The van der Waals surface area contributed by atoms with Gasteiger partial charge in [0, 0.05) is 0 Å². The summed E-state index contributed by atoms with van der Waals surface area (Å²) in [5, 5.41) is 0. The molecule has 0 aliphatic carbocycles. The fourth-order valence-corrected chi connectivity index (χ4v) is 1.48. The summed E-state index contributed by atoms with van der Waals surface area (Å²) in [4.78, 5) is 0. The lowest BCUT2D eigenvalue weighted by Gasteiger charge is -2.04. The topological polar surface area (TPSA) is 0 Å². The Morgan fingerprint density at radius 1 is 1.29 bits per heavy atom. The molecule has 0 heterocycles. The summed E-state index contributed by atoms with van der Waals surface area (Å²) in [6.07, 6.45) is 4.29. The van der Waals surface area contributed by atoms with E-state index in [2.05, 4.69) is 19.9 Å². The van der Waals surface area contributed by atoms with E-state index < -0.39 is 0 Å². The van der Waals surface area contributed by atoms with E-state index in [-0.39, 0.29) is 5.82 Å². The van der Waals surface area contributed by atoms with E-state index in [1.165, 1.54) is 11.6 Å². The second-order valence-electron chi connectivity index (χ2n) is 3.51. The highest BCUT2D eigenvalue weighted by Crippen LogP contribution is 2.17. The predicted octanol–water partition coefficient (Wildman–Crippen LogP) is 4.34. The van der Waals surface area contributed by atoms with Gasteiger partial charge in [0.15, 0.2) is 0 Å². The van der Waals surface area contributed by atoms with Crippen molar-refractivity contribution in [1.29, 1.82) is 0 Å². The van der Waals surface area contributed by atoms with Crippen LogP contribution < -0.4 is 0 Å². The quantitative estimate of drug-likeness (QED) is 0.668. The molecule has 0 aliphatic heterocycles. The van der Waals surface area contributed by atoms with Crippen molar-refractivity contribution in [2.75, 3.05) is 0 Å². The lowest BCUT2D eigenvalue weighted by molar-refractivity contribution is 0.626. The molecular weight excluding hydrogens is 175 g/mol. The Kier molecular flexibility index (Phi) is 3.87. The monoisotopic (exact) mass is 192 g/mol. The molecule has 0 aromatic heterocycles. The van der Waals surface area contributed by atoms with Gasteiger partial charge in [0.05, 0.1) is 0 Å². The number of hydrogen-bond donors (Lipinski definition) is 0. The van der Waals surface area contributed by atoms with Crippen molar-refractivity contribution in [3.63, 3.8) is 0 Å². The van der Waals surface area contributed by atoms with E-state index in [1.54, 1.807) is 6.07 Å². The SMILES string of the molecule is CCC(=Cc1ccc(F)cc1C)CC. The van der Waals surface area contributed by atoms with E-state index in [9.17, 15) is 4.39 Å². The van der Waals surface area contributed by atoms with E-state index >= 15 is 0 Å². The molecule has 1 rings (SSSR count). The van der Waals surface area contributed by atoms with Crippen molar-refractivity contribution in [2.45, 2.75) is 33.6 Å². The molecule has 0 fully saturated rings. The maximum atomic E-state index is 12.8. The molecule has 0 unspecified atom stereocenters. The van der Waals surface area contributed by atoms with Crippen LogP contribution >= 0.6 is 0 Å². The maximum Gasteiger partial charge on any atom is 0.123 e. The fraction of sp³-hybridized carbons (Fsp3) is 0.385. The molecule has 0 amide bonds. The minimum atomic E-state index is -0.158. The molecule has 0 spiro atoms. The Bertz CT molecular complexity index is 331. The minimum Gasteiger partial charge on any atom is -0.207 e. The molecule has 0 radical (unpaired) electrons. The number of benzene rings is 1. The van der Waals surface area contributed by atoms with Gasteiger partial charge in [-0.3, -0.25) is 0 Å². The predicted molar refractivity (Wildman–Crippen MR) is 59.7 cm³/mol. The highest BCUT2D eigenvalue weighted by atomic mass is 19.1. The summed E-state index contributed by atoms with van der Waals surface area (Å²) >= 11 is 0. The standard InChI is InChI=1S/C13H17F/c1-4-11(5-2)9-12-6-7-13(14)8-10(12)3/h6-9H,4-5H2,1-3H3. The molecule has 0 saturated carbocycles. The molecule has 1 heteroatoms. The minimum absolute atomic E-state index is 0.158. The normalized spacial score (nSPS) is 10.0. The van der Waals surface area contributed by atoms with Crippen molar-refractivity contribution in [2.24, 2.45) is 0 Å². The molecule has 14 heavy (non-hydrogen) atoms. The van der Waals surface area contributed by atoms with E-state index in [1.807, 2.05) is 13.0 Å². The first-order chi connectivity index (χ1) is 6.67. The second-order valence-corrected chi connectivity index (χ2v) is 3.51. The van der Waals surface area contributed by atoms with Gasteiger partial charge in [0.25, 0.3) is 0 Å². The summed E-state index contributed by atoms with van der Waals surface area (Å²) in [5.74, 6) is -0.158. The first kappa shape index (κ1) is 11.0. The molecule has 0 saturated heterocycles. The Labute approximate surface area is 85.5 Å². The first-order valence-electron chi connectivity index (χ1n) is 5.13. The summed E-state index contributed by atoms with van der Waals surface area (Å²) in [7, 11) is 0. The van der Waals surface area contributed by atoms with Gasteiger partial charge in [-0.15, -0.1) is 0 Å². The van der Waals surface area contributed by atoms with Crippen LogP contribution in [0, 0.1) is 12.7 Å². The third kappa shape index (κ3) is 2.69. The van der Waals surface area contributed by atoms with Gasteiger partial charge in [-0.1, -0.05) is 31.6 Å². The number of rotatable bonds is 3. The van der Waals surface area contributed by atoms with Crippen LogP contribution in [0.25, 0.3) is 6.08 Å². The number of hydrogen-bond acceptors (Lipinski definition) is 0. The Hall–Kier alpha value is -1.11. The fourth-order valence-electron chi connectivity index (χ4n) is 1.48. The molecule has 0 aliphatic rings. The van der Waals surface area contributed by atoms with Crippen LogP contribution in [-0.4, -0.2) is 0 Å². The van der Waals surface area contributed by atoms with Crippen molar-refractivity contribution in [1.82, 2.24) is 0 Å². The van der Waals surface area contributed by atoms with Crippen molar-refractivity contribution < 1.29 is 4.39 Å². The summed E-state index contributed by atoms with van der Waals surface area (Å²) in [6, 6.07) is 4.94. The molecule has 0 N–H and O–H groups in total. The van der Waals surface area contributed by atoms with Gasteiger partial charge in [0.2, 0.25) is 0 Å². The molecule has 76 valence electrons. The molecule has 1 aromatic rings. The Morgan fingerprint density at radius 3 is 2.43 bits per heavy atom. The number of aryl methyl sites for hydroxylation is 1. The van der Waals surface area contributed by atoms with Gasteiger partial charge in [-0.25, -0.2) is 4.39 Å². The van der Waals surface area contributed by atoms with Gasteiger partial charge in [-0.2, -0.15) is 0 Å². The number of allylic oxidation sites excluding steroid dienone is 1. The molecule has 1 aromatic carbocycles. The van der Waals surface area contributed by atoms with E-state index in [0.717, 1.165) is 24.0 Å². The smallest absolute Gasteiger partial charge is 0.123 e.